The fourth-order valence-electron chi connectivity index (χ4n) is 0.695. The summed E-state index contributed by atoms with van der Waals surface area (Å²) in [5.74, 6) is -1.51. The average molecular weight is 228 g/mol. The molecular weight excluding hydrogens is 223 g/mol. The van der Waals surface area contributed by atoms with Crippen LogP contribution in [0.25, 0.3) is 0 Å². The van der Waals surface area contributed by atoms with E-state index in [0.717, 1.165) is 28.9 Å². The zero-order chi connectivity index (χ0) is 7.56. The molecule has 1 aromatic carbocycles. The zero-order valence-electron chi connectivity index (χ0n) is 5.78. The van der Waals surface area contributed by atoms with Crippen LogP contribution in [-0.4, -0.2) is 0 Å². The van der Waals surface area contributed by atoms with Gasteiger partial charge in [-0.05, 0) is 0 Å². The summed E-state index contributed by atoms with van der Waals surface area (Å²) < 4.78 is 24.7. The van der Waals surface area contributed by atoms with Crippen molar-refractivity contribution in [2.75, 3.05) is 0 Å². The molecular formula is C7H5ClF2Zn. The molecule has 0 aliphatic carbocycles. The molecule has 1 aromatic rings. The third-order valence-electron chi connectivity index (χ3n) is 1.27. The number of hydrogen-bond acceptors (Lipinski definition) is 0. The molecule has 0 atom stereocenters. The van der Waals surface area contributed by atoms with E-state index in [2.05, 4.69) is 0 Å². The second-order valence-electron chi connectivity index (χ2n) is 2.00. The van der Waals surface area contributed by atoms with Gasteiger partial charge in [-0.25, -0.2) is 0 Å². The van der Waals surface area contributed by atoms with Crippen LogP contribution >= 0.6 is 0 Å². The SMILES string of the molecule is Fc1ccc([CH2][Zn+])cc1F.[Cl-]. The van der Waals surface area contributed by atoms with Gasteiger partial charge >= 0.3 is 67.5 Å². The first kappa shape index (κ1) is 11.0. The maximum Gasteiger partial charge on any atom is -1.00 e. The van der Waals surface area contributed by atoms with Crippen molar-refractivity contribution in [1.82, 2.24) is 0 Å². The Morgan fingerprint density at radius 3 is 2.27 bits per heavy atom. The normalized spacial score (nSPS) is 9.09. The van der Waals surface area contributed by atoms with Gasteiger partial charge in [-0.15, -0.1) is 0 Å². The van der Waals surface area contributed by atoms with Crippen LogP contribution in [0.5, 0.6) is 0 Å². The summed E-state index contributed by atoms with van der Waals surface area (Å²) in [6.07, 6.45) is 0. The molecule has 0 nitrogen and oxygen atoms in total. The van der Waals surface area contributed by atoms with Gasteiger partial charge in [0.2, 0.25) is 0 Å². The van der Waals surface area contributed by atoms with E-state index >= 15 is 0 Å². The monoisotopic (exact) mass is 226 g/mol. The number of rotatable bonds is 1. The van der Waals surface area contributed by atoms with E-state index in [1.807, 2.05) is 0 Å². The maximum atomic E-state index is 12.4. The molecule has 0 N–H and O–H groups in total. The van der Waals surface area contributed by atoms with Crippen LogP contribution in [0, 0.1) is 11.6 Å². The maximum absolute atomic E-state index is 12.4. The standard InChI is InChI=1S/C7H5F2.ClH.Zn/c1-5-2-3-6(8)7(9)4-5;;/h2-4H,1H2;1H;/q;;+1/p-1. The van der Waals surface area contributed by atoms with Crippen molar-refractivity contribution in [2.45, 2.75) is 5.02 Å². The summed E-state index contributed by atoms with van der Waals surface area (Å²) in [5, 5.41) is 0.858. The van der Waals surface area contributed by atoms with Crippen molar-refractivity contribution in [2.24, 2.45) is 0 Å². The Bertz CT molecular complexity index is 240. The summed E-state index contributed by atoms with van der Waals surface area (Å²) in [7, 11) is 0. The Morgan fingerprint density at radius 2 is 1.82 bits per heavy atom. The van der Waals surface area contributed by atoms with Gasteiger partial charge in [-0.3, -0.25) is 0 Å². The van der Waals surface area contributed by atoms with Gasteiger partial charge in [0, 0.05) is 0 Å². The third-order valence-corrected chi connectivity index (χ3v) is 2.48. The van der Waals surface area contributed by atoms with Crippen LogP contribution in [-0.2, 0) is 23.3 Å². The second-order valence-corrected chi connectivity index (χ2v) is 3.05. The van der Waals surface area contributed by atoms with E-state index in [4.69, 9.17) is 0 Å². The van der Waals surface area contributed by atoms with E-state index in [0.29, 0.717) is 0 Å². The fourth-order valence-corrected chi connectivity index (χ4v) is 1.35. The van der Waals surface area contributed by atoms with Gasteiger partial charge in [0.1, 0.15) is 0 Å². The van der Waals surface area contributed by atoms with Crippen LogP contribution in [0.4, 0.5) is 8.78 Å². The van der Waals surface area contributed by atoms with E-state index in [1.54, 1.807) is 6.07 Å². The van der Waals surface area contributed by atoms with Gasteiger partial charge in [0.25, 0.3) is 0 Å². The quantitative estimate of drug-likeness (QED) is 0.542. The molecule has 1 rings (SSSR count). The van der Waals surface area contributed by atoms with Crippen LogP contribution in [0.3, 0.4) is 0 Å². The Balaban J connectivity index is 0.000001000. The Hall–Kier alpha value is -0.00662. The first-order chi connectivity index (χ1) is 4.74. The first-order valence-electron chi connectivity index (χ1n) is 2.97. The molecule has 56 valence electrons. The summed E-state index contributed by atoms with van der Waals surface area (Å²) in [5.41, 5.74) is 0.874. The Morgan fingerprint density at radius 1 is 1.18 bits per heavy atom. The van der Waals surface area contributed by atoms with E-state index in [1.165, 1.54) is 12.1 Å². The summed E-state index contributed by atoms with van der Waals surface area (Å²) >= 11 is 1.07. The van der Waals surface area contributed by atoms with Crippen molar-refractivity contribution in [3.63, 3.8) is 0 Å². The molecule has 11 heavy (non-hydrogen) atoms. The minimum atomic E-state index is -0.766. The predicted molar refractivity (Wildman–Crippen MR) is 30.1 cm³/mol. The summed E-state index contributed by atoms with van der Waals surface area (Å²) in [6.45, 7) is 0. The van der Waals surface area contributed by atoms with Crippen LogP contribution in [0.15, 0.2) is 18.2 Å². The first-order valence-corrected chi connectivity index (χ1v) is 5.07. The number of hydrogen-bond donors (Lipinski definition) is 0. The molecule has 0 radical (unpaired) electrons. The largest absolute Gasteiger partial charge is 1.00 e. The fraction of sp³-hybridized carbons (Fsp3) is 0.143. The van der Waals surface area contributed by atoms with E-state index < -0.39 is 11.6 Å². The van der Waals surface area contributed by atoms with Gasteiger partial charge in [-0.1, -0.05) is 0 Å². The van der Waals surface area contributed by atoms with Crippen molar-refractivity contribution < 1.29 is 39.5 Å². The Labute approximate surface area is 80.1 Å². The smallest absolute Gasteiger partial charge is 1.00 e. The van der Waals surface area contributed by atoms with Crippen LogP contribution in [0.1, 0.15) is 5.56 Å². The molecule has 0 saturated carbocycles. The minimum absolute atomic E-state index is 0. The number of benzene rings is 1. The molecule has 0 aliphatic rings. The number of halogens is 3. The van der Waals surface area contributed by atoms with Gasteiger partial charge in [-0.2, -0.15) is 0 Å². The molecule has 0 fully saturated rings. The topological polar surface area (TPSA) is 0 Å². The zero-order valence-corrected chi connectivity index (χ0v) is 9.50. The second kappa shape index (κ2) is 4.79. The molecule has 0 amide bonds. The predicted octanol–water partition coefficient (Wildman–Crippen LogP) is -0.984. The third kappa shape index (κ3) is 2.84. The van der Waals surface area contributed by atoms with Crippen molar-refractivity contribution in [3.05, 3.63) is 35.4 Å². The molecule has 0 aromatic heterocycles. The molecule has 4 heteroatoms. The molecule has 0 aliphatic heterocycles. The van der Waals surface area contributed by atoms with Gasteiger partial charge in [0.05, 0.1) is 0 Å². The van der Waals surface area contributed by atoms with E-state index in [-0.39, 0.29) is 12.4 Å². The van der Waals surface area contributed by atoms with Crippen molar-refractivity contribution >= 4 is 0 Å². The van der Waals surface area contributed by atoms with Crippen molar-refractivity contribution in [3.8, 4) is 0 Å². The van der Waals surface area contributed by atoms with Gasteiger partial charge in [0.15, 0.2) is 0 Å². The molecule has 0 saturated heterocycles. The molecule has 0 bridgehead atoms. The van der Waals surface area contributed by atoms with Crippen LogP contribution in [0.2, 0.25) is 0 Å². The molecule has 0 spiro atoms. The van der Waals surface area contributed by atoms with Gasteiger partial charge < -0.3 is 12.4 Å². The summed E-state index contributed by atoms with van der Waals surface area (Å²) in [4.78, 5) is 0. The Kier molecular flexibility index (Phi) is 4.78. The van der Waals surface area contributed by atoms with Crippen LogP contribution < -0.4 is 12.4 Å². The molecule has 0 unspecified atom stereocenters. The minimum Gasteiger partial charge on any atom is -1.00 e. The van der Waals surface area contributed by atoms with Crippen molar-refractivity contribution in [1.29, 1.82) is 0 Å². The summed E-state index contributed by atoms with van der Waals surface area (Å²) in [6, 6.07) is 4.03. The molecule has 0 heterocycles. The average Bonchev–Trinajstić information content (AvgIpc) is 1.95. The van der Waals surface area contributed by atoms with E-state index in [9.17, 15) is 8.78 Å².